The third kappa shape index (κ3) is 3.75. The molecule has 2 rings (SSSR count). The molecule has 0 saturated carbocycles. The molecule has 19 heavy (non-hydrogen) atoms. The van der Waals surface area contributed by atoms with E-state index < -0.39 is 0 Å². The van der Waals surface area contributed by atoms with Crippen molar-refractivity contribution >= 4 is 17.7 Å². The zero-order valence-electron chi connectivity index (χ0n) is 12.1. The van der Waals surface area contributed by atoms with Gasteiger partial charge in [0.25, 0.3) is 5.91 Å². The number of carbonyl (C=O) groups excluding carboxylic acids is 1. The lowest BCUT2D eigenvalue weighted by atomic mass is 9.99. The summed E-state index contributed by atoms with van der Waals surface area (Å²) in [6, 6.07) is 8.00. The molecule has 1 amide bonds. The minimum absolute atomic E-state index is 0.204. The summed E-state index contributed by atoms with van der Waals surface area (Å²) in [6.45, 7) is 8.36. The van der Waals surface area contributed by atoms with Crippen LogP contribution in [0.4, 0.5) is 0 Å². The van der Waals surface area contributed by atoms with E-state index in [2.05, 4.69) is 26.8 Å². The Labute approximate surface area is 120 Å². The second-order valence-electron chi connectivity index (χ2n) is 5.66. The highest BCUT2D eigenvalue weighted by Gasteiger charge is 2.23. The maximum absolute atomic E-state index is 12.7. The standard InChI is InChI=1S/C16H23NOS/c1-12(2)19-15-9-5-4-8-14(15)16(18)17-10-6-7-13(3)11-17/h4-5,8-9,12-13H,6-7,10-11H2,1-3H3. The number of hydrogen-bond donors (Lipinski definition) is 0. The van der Waals surface area contributed by atoms with Crippen LogP contribution < -0.4 is 0 Å². The fourth-order valence-electron chi connectivity index (χ4n) is 2.54. The van der Waals surface area contributed by atoms with Crippen LogP contribution in [0.5, 0.6) is 0 Å². The Bertz CT molecular complexity index is 444. The third-order valence-corrected chi connectivity index (χ3v) is 4.51. The van der Waals surface area contributed by atoms with E-state index >= 15 is 0 Å². The van der Waals surface area contributed by atoms with Crippen LogP contribution in [-0.4, -0.2) is 29.1 Å². The molecule has 0 radical (unpaired) electrons. The number of hydrogen-bond acceptors (Lipinski definition) is 2. The van der Waals surface area contributed by atoms with E-state index in [0.717, 1.165) is 30.0 Å². The Balaban J connectivity index is 2.18. The summed E-state index contributed by atoms with van der Waals surface area (Å²) < 4.78 is 0. The smallest absolute Gasteiger partial charge is 0.254 e. The van der Waals surface area contributed by atoms with Gasteiger partial charge in [-0.3, -0.25) is 4.79 Å². The zero-order chi connectivity index (χ0) is 13.8. The molecule has 0 N–H and O–H groups in total. The molecule has 1 heterocycles. The number of nitrogens with zero attached hydrogens (tertiary/aromatic N) is 1. The maximum Gasteiger partial charge on any atom is 0.254 e. The summed E-state index contributed by atoms with van der Waals surface area (Å²) in [6.07, 6.45) is 2.37. The first-order valence-corrected chi connectivity index (χ1v) is 8.01. The predicted molar refractivity (Wildman–Crippen MR) is 81.7 cm³/mol. The van der Waals surface area contributed by atoms with Gasteiger partial charge in [0.2, 0.25) is 0 Å². The fourth-order valence-corrected chi connectivity index (χ4v) is 3.49. The van der Waals surface area contributed by atoms with Gasteiger partial charge in [0.1, 0.15) is 0 Å². The molecule has 1 saturated heterocycles. The molecular weight excluding hydrogens is 254 g/mol. The van der Waals surface area contributed by atoms with Gasteiger partial charge in [0.05, 0.1) is 5.56 Å². The first kappa shape index (κ1) is 14.4. The van der Waals surface area contributed by atoms with Crippen molar-refractivity contribution in [2.45, 2.75) is 43.8 Å². The van der Waals surface area contributed by atoms with Gasteiger partial charge >= 0.3 is 0 Å². The van der Waals surface area contributed by atoms with Crippen LogP contribution in [0, 0.1) is 5.92 Å². The van der Waals surface area contributed by atoms with E-state index in [1.807, 2.05) is 23.1 Å². The summed E-state index contributed by atoms with van der Waals surface area (Å²) in [5.74, 6) is 0.831. The molecule has 1 atom stereocenters. The molecule has 1 aliphatic rings. The average molecular weight is 277 g/mol. The van der Waals surface area contributed by atoms with Crippen molar-refractivity contribution in [1.82, 2.24) is 4.90 Å². The van der Waals surface area contributed by atoms with Crippen LogP contribution in [0.25, 0.3) is 0 Å². The van der Waals surface area contributed by atoms with Gasteiger partial charge in [-0.05, 0) is 30.9 Å². The van der Waals surface area contributed by atoms with Gasteiger partial charge in [0, 0.05) is 23.2 Å². The van der Waals surface area contributed by atoms with Gasteiger partial charge in [-0.25, -0.2) is 0 Å². The number of piperidine rings is 1. The molecule has 0 aromatic heterocycles. The van der Waals surface area contributed by atoms with Crippen molar-refractivity contribution in [3.63, 3.8) is 0 Å². The number of amides is 1. The lowest BCUT2D eigenvalue weighted by Gasteiger charge is -2.31. The van der Waals surface area contributed by atoms with E-state index in [1.165, 1.54) is 6.42 Å². The number of carbonyl (C=O) groups is 1. The molecule has 0 aliphatic carbocycles. The molecule has 1 aliphatic heterocycles. The Morgan fingerprint density at radius 2 is 2.11 bits per heavy atom. The summed E-state index contributed by atoms with van der Waals surface area (Å²) in [7, 11) is 0. The number of benzene rings is 1. The van der Waals surface area contributed by atoms with Crippen LogP contribution >= 0.6 is 11.8 Å². The maximum atomic E-state index is 12.7. The highest BCUT2D eigenvalue weighted by Crippen LogP contribution is 2.28. The summed E-state index contributed by atoms with van der Waals surface area (Å²) in [5.41, 5.74) is 0.871. The second kappa shape index (κ2) is 6.47. The molecule has 0 bridgehead atoms. The summed E-state index contributed by atoms with van der Waals surface area (Å²) in [4.78, 5) is 15.8. The van der Waals surface area contributed by atoms with Crippen molar-refractivity contribution < 1.29 is 4.79 Å². The second-order valence-corrected chi connectivity index (χ2v) is 7.28. The van der Waals surface area contributed by atoms with Crippen LogP contribution in [0.1, 0.15) is 44.0 Å². The van der Waals surface area contributed by atoms with Crippen molar-refractivity contribution in [2.75, 3.05) is 13.1 Å². The van der Waals surface area contributed by atoms with Gasteiger partial charge in [-0.2, -0.15) is 0 Å². The summed E-state index contributed by atoms with van der Waals surface area (Å²) in [5, 5.41) is 0.495. The van der Waals surface area contributed by atoms with Gasteiger partial charge in [-0.1, -0.05) is 32.9 Å². The topological polar surface area (TPSA) is 20.3 Å². The van der Waals surface area contributed by atoms with E-state index in [9.17, 15) is 4.79 Å². The number of likely N-dealkylation sites (tertiary alicyclic amines) is 1. The molecule has 1 unspecified atom stereocenters. The van der Waals surface area contributed by atoms with Crippen LogP contribution in [-0.2, 0) is 0 Å². The molecule has 0 spiro atoms. The van der Waals surface area contributed by atoms with E-state index in [1.54, 1.807) is 11.8 Å². The first-order valence-electron chi connectivity index (χ1n) is 7.13. The van der Waals surface area contributed by atoms with Gasteiger partial charge in [-0.15, -0.1) is 11.8 Å². The van der Waals surface area contributed by atoms with E-state index in [-0.39, 0.29) is 5.91 Å². The molecule has 1 fully saturated rings. The first-order chi connectivity index (χ1) is 9.08. The Kier molecular flexibility index (Phi) is 4.92. The van der Waals surface area contributed by atoms with Crippen LogP contribution in [0.15, 0.2) is 29.2 Å². The third-order valence-electron chi connectivity index (χ3n) is 3.42. The average Bonchev–Trinajstić information content (AvgIpc) is 2.38. The molecule has 1 aromatic carbocycles. The van der Waals surface area contributed by atoms with Gasteiger partial charge in [0.15, 0.2) is 0 Å². The molecule has 3 heteroatoms. The fraction of sp³-hybridized carbons (Fsp3) is 0.562. The molecular formula is C16H23NOS. The Morgan fingerprint density at radius 3 is 2.79 bits per heavy atom. The van der Waals surface area contributed by atoms with E-state index in [0.29, 0.717) is 11.2 Å². The number of thioether (sulfide) groups is 1. The highest BCUT2D eigenvalue weighted by atomic mass is 32.2. The lowest BCUT2D eigenvalue weighted by molar-refractivity contribution is 0.0679. The summed E-state index contributed by atoms with van der Waals surface area (Å²) >= 11 is 1.77. The molecule has 2 nitrogen and oxygen atoms in total. The van der Waals surface area contributed by atoms with Gasteiger partial charge < -0.3 is 4.90 Å². The van der Waals surface area contributed by atoms with Crippen molar-refractivity contribution in [3.8, 4) is 0 Å². The van der Waals surface area contributed by atoms with Crippen molar-refractivity contribution in [2.24, 2.45) is 5.92 Å². The van der Waals surface area contributed by atoms with Crippen LogP contribution in [0.3, 0.4) is 0 Å². The SMILES string of the molecule is CC1CCCN(C(=O)c2ccccc2SC(C)C)C1. The minimum Gasteiger partial charge on any atom is -0.338 e. The zero-order valence-corrected chi connectivity index (χ0v) is 12.9. The Morgan fingerprint density at radius 1 is 1.37 bits per heavy atom. The normalized spacial score (nSPS) is 19.8. The predicted octanol–water partition coefficient (Wildman–Crippen LogP) is 4.06. The quantitative estimate of drug-likeness (QED) is 0.777. The lowest BCUT2D eigenvalue weighted by Crippen LogP contribution is -2.39. The Hall–Kier alpha value is -0.960. The molecule has 104 valence electrons. The largest absolute Gasteiger partial charge is 0.338 e. The van der Waals surface area contributed by atoms with E-state index in [4.69, 9.17) is 0 Å². The molecule has 1 aromatic rings. The van der Waals surface area contributed by atoms with Crippen molar-refractivity contribution in [1.29, 1.82) is 0 Å². The number of rotatable bonds is 3. The van der Waals surface area contributed by atoms with Crippen molar-refractivity contribution in [3.05, 3.63) is 29.8 Å². The van der Waals surface area contributed by atoms with Crippen LogP contribution in [0.2, 0.25) is 0 Å². The monoisotopic (exact) mass is 277 g/mol. The highest BCUT2D eigenvalue weighted by molar-refractivity contribution is 8.00. The minimum atomic E-state index is 0.204.